The molecule has 2 aromatic rings. The molecule has 108 valence electrons. The third kappa shape index (κ3) is 2.65. The van der Waals surface area contributed by atoms with Crippen molar-refractivity contribution in [3.05, 3.63) is 56.5 Å². The van der Waals surface area contributed by atoms with Crippen molar-refractivity contribution in [2.24, 2.45) is 0 Å². The van der Waals surface area contributed by atoms with Gasteiger partial charge in [-0.25, -0.2) is 0 Å². The summed E-state index contributed by atoms with van der Waals surface area (Å²) in [5.41, 5.74) is 2.05. The van der Waals surface area contributed by atoms with Gasteiger partial charge in [0.25, 0.3) is 0 Å². The van der Waals surface area contributed by atoms with Gasteiger partial charge in [-0.3, -0.25) is 4.79 Å². The molecule has 3 rings (SSSR count). The Morgan fingerprint density at radius 1 is 1.33 bits per heavy atom. The Hall–Kier alpha value is -1.52. The zero-order valence-electron chi connectivity index (χ0n) is 11.3. The first-order valence-corrected chi connectivity index (χ1v) is 7.60. The maximum absolute atomic E-state index is 12.7. The second-order valence-corrected chi connectivity index (χ2v) is 6.01. The van der Waals surface area contributed by atoms with Crippen LogP contribution in [0.1, 0.15) is 21.5 Å². The summed E-state index contributed by atoms with van der Waals surface area (Å²) in [7, 11) is 1.58. The van der Waals surface area contributed by atoms with E-state index >= 15 is 0 Å². The Bertz CT molecular complexity index is 728. The summed E-state index contributed by atoms with van der Waals surface area (Å²) in [6.07, 6.45) is 0.780. The van der Waals surface area contributed by atoms with Crippen molar-refractivity contribution >= 4 is 33.3 Å². The molecule has 0 atom stereocenters. The molecule has 1 aliphatic rings. The number of ketones is 1. The summed E-state index contributed by atoms with van der Waals surface area (Å²) in [6, 6.07) is 8.73. The molecular weight excluding hydrogens is 356 g/mol. The molecule has 0 saturated heterocycles. The summed E-state index contributed by atoms with van der Waals surface area (Å²) in [6.45, 7) is 0.586. The van der Waals surface area contributed by atoms with Crippen LogP contribution in [0, 0.1) is 0 Å². The van der Waals surface area contributed by atoms with Crippen LogP contribution >= 0.6 is 27.5 Å². The number of hydrogen-bond donors (Lipinski definition) is 0. The molecule has 0 unspecified atom stereocenters. The number of benzene rings is 2. The molecule has 2 aromatic carbocycles. The zero-order chi connectivity index (χ0) is 15.0. The summed E-state index contributed by atoms with van der Waals surface area (Å²) < 4.78 is 11.5. The quantitative estimate of drug-likeness (QED) is 0.760. The number of carbonyl (C=O) groups is 1. The minimum atomic E-state index is -0.112. The second-order valence-electron chi connectivity index (χ2n) is 4.72. The molecular formula is C16H12BrClO3. The molecule has 0 spiro atoms. The van der Waals surface area contributed by atoms with Gasteiger partial charge in [0.1, 0.15) is 11.5 Å². The molecule has 5 heteroatoms. The first-order chi connectivity index (χ1) is 10.1. The maximum Gasteiger partial charge on any atom is 0.196 e. The topological polar surface area (TPSA) is 35.5 Å². The number of rotatable bonds is 3. The van der Waals surface area contributed by atoms with Crippen molar-refractivity contribution in [2.45, 2.75) is 6.42 Å². The Morgan fingerprint density at radius 3 is 2.86 bits per heavy atom. The van der Waals surface area contributed by atoms with Crippen LogP contribution in [-0.2, 0) is 6.42 Å². The number of ether oxygens (including phenoxy) is 2. The van der Waals surface area contributed by atoms with E-state index in [0.717, 1.165) is 16.5 Å². The molecule has 0 amide bonds. The smallest absolute Gasteiger partial charge is 0.196 e. The average Bonchev–Trinajstić information content (AvgIpc) is 2.93. The van der Waals surface area contributed by atoms with Gasteiger partial charge in [-0.2, -0.15) is 0 Å². The summed E-state index contributed by atoms with van der Waals surface area (Å²) in [4.78, 5) is 12.7. The number of fused-ring (bicyclic) bond motifs is 1. The summed E-state index contributed by atoms with van der Waals surface area (Å²) in [5, 5.41) is 0.551. The zero-order valence-corrected chi connectivity index (χ0v) is 13.6. The third-order valence-corrected chi connectivity index (χ3v) is 4.24. The lowest BCUT2D eigenvalue weighted by Gasteiger charge is -2.09. The normalized spacial score (nSPS) is 12.7. The molecule has 0 saturated carbocycles. The van der Waals surface area contributed by atoms with Crippen molar-refractivity contribution in [2.75, 3.05) is 13.7 Å². The maximum atomic E-state index is 12.7. The van der Waals surface area contributed by atoms with Gasteiger partial charge < -0.3 is 9.47 Å². The van der Waals surface area contributed by atoms with Crippen LogP contribution < -0.4 is 9.47 Å². The van der Waals surface area contributed by atoms with E-state index in [9.17, 15) is 4.79 Å². The Balaban J connectivity index is 2.05. The van der Waals surface area contributed by atoms with Crippen LogP contribution in [0.15, 0.2) is 34.8 Å². The van der Waals surface area contributed by atoms with Crippen LogP contribution in [0.3, 0.4) is 0 Å². The van der Waals surface area contributed by atoms with Crippen molar-refractivity contribution in [3.8, 4) is 11.5 Å². The van der Waals surface area contributed by atoms with E-state index in [1.165, 1.54) is 0 Å². The van der Waals surface area contributed by atoms with E-state index in [1.807, 2.05) is 6.07 Å². The van der Waals surface area contributed by atoms with Gasteiger partial charge in [0, 0.05) is 17.0 Å². The van der Waals surface area contributed by atoms with Gasteiger partial charge in [0.05, 0.1) is 23.8 Å². The van der Waals surface area contributed by atoms with Gasteiger partial charge in [-0.1, -0.05) is 11.6 Å². The van der Waals surface area contributed by atoms with Crippen molar-refractivity contribution in [1.82, 2.24) is 0 Å². The first-order valence-electron chi connectivity index (χ1n) is 6.43. The largest absolute Gasteiger partial charge is 0.496 e. The minimum Gasteiger partial charge on any atom is -0.496 e. The van der Waals surface area contributed by atoms with E-state index in [4.69, 9.17) is 21.1 Å². The molecule has 21 heavy (non-hydrogen) atoms. The highest BCUT2D eigenvalue weighted by molar-refractivity contribution is 9.10. The molecule has 3 nitrogen and oxygen atoms in total. The fourth-order valence-corrected chi connectivity index (χ4v) is 3.18. The molecule has 0 radical (unpaired) electrons. The van der Waals surface area contributed by atoms with Crippen molar-refractivity contribution in [3.63, 3.8) is 0 Å². The monoisotopic (exact) mass is 366 g/mol. The molecule has 0 fully saturated rings. The van der Waals surface area contributed by atoms with Gasteiger partial charge >= 0.3 is 0 Å². The van der Waals surface area contributed by atoms with Crippen LogP contribution in [0.25, 0.3) is 0 Å². The lowest BCUT2D eigenvalue weighted by atomic mass is 9.99. The number of halogens is 2. The van der Waals surface area contributed by atoms with Crippen molar-refractivity contribution < 1.29 is 14.3 Å². The minimum absolute atomic E-state index is 0.112. The second kappa shape index (κ2) is 5.70. The predicted molar refractivity (Wildman–Crippen MR) is 84.8 cm³/mol. The number of methoxy groups -OCH3 is 1. The van der Waals surface area contributed by atoms with Crippen LogP contribution in [0.5, 0.6) is 11.5 Å². The summed E-state index contributed by atoms with van der Waals surface area (Å²) >= 11 is 9.49. The molecule has 1 aliphatic heterocycles. The van der Waals surface area contributed by atoms with Gasteiger partial charge in [-0.15, -0.1) is 0 Å². The lowest BCUT2D eigenvalue weighted by Crippen LogP contribution is -2.04. The fraction of sp³-hybridized carbons (Fsp3) is 0.188. The Labute approximate surface area is 136 Å². The Morgan fingerprint density at radius 2 is 2.14 bits per heavy atom. The molecule has 0 aromatic heterocycles. The van der Waals surface area contributed by atoms with E-state index in [-0.39, 0.29) is 5.78 Å². The van der Waals surface area contributed by atoms with Gasteiger partial charge in [-0.05, 0) is 51.8 Å². The van der Waals surface area contributed by atoms with Crippen LogP contribution in [-0.4, -0.2) is 19.5 Å². The standard InChI is InChI=1S/C16H12BrClO3/c1-20-14-3-2-9(7-13(14)17)15(19)12-8-11(18)6-10-4-5-21-16(10)12/h2-3,6-8H,4-5H2,1H3. The fourth-order valence-electron chi connectivity index (χ4n) is 2.40. The Kier molecular flexibility index (Phi) is 3.91. The molecule has 0 bridgehead atoms. The van der Waals surface area contributed by atoms with Crippen molar-refractivity contribution in [1.29, 1.82) is 0 Å². The first kappa shape index (κ1) is 14.4. The summed E-state index contributed by atoms with van der Waals surface area (Å²) in [5.74, 6) is 1.22. The van der Waals surface area contributed by atoms with Gasteiger partial charge in [0.2, 0.25) is 0 Å². The van der Waals surface area contributed by atoms with E-state index in [0.29, 0.717) is 34.3 Å². The number of carbonyl (C=O) groups excluding carboxylic acids is 1. The third-order valence-electron chi connectivity index (χ3n) is 3.41. The highest BCUT2D eigenvalue weighted by Crippen LogP contribution is 2.35. The van der Waals surface area contributed by atoms with Crippen LogP contribution in [0.2, 0.25) is 5.02 Å². The van der Waals surface area contributed by atoms with Crippen LogP contribution in [0.4, 0.5) is 0 Å². The predicted octanol–water partition coefficient (Wildman–Crippen LogP) is 4.28. The SMILES string of the molecule is COc1ccc(C(=O)c2cc(Cl)cc3c2OCC3)cc1Br. The van der Waals surface area contributed by atoms with E-state index in [1.54, 1.807) is 31.4 Å². The van der Waals surface area contributed by atoms with E-state index in [2.05, 4.69) is 15.9 Å². The highest BCUT2D eigenvalue weighted by Gasteiger charge is 2.23. The van der Waals surface area contributed by atoms with Gasteiger partial charge in [0.15, 0.2) is 5.78 Å². The van der Waals surface area contributed by atoms with E-state index < -0.39 is 0 Å². The number of hydrogen-bond acceptors (Lipinski definition) is 3. The highest BCUT2D eigenvalue weighted by atomic mass is 79.9. The lowest BCUT2D eigenvalue weighted by molar-refractivity contribution is 0.103. The molecule has 0 aliphatic carbocycles. The molecule has 1 heterocycles. The average molecular weight is 368 g/mol. The molecule has 0 N–H and O–H groups in total.